The number of ether oxygens (including phenoxy) is 1. The smallest absolute Gasteiger partial charge is 0.319 e. The molecular formula is C15H18FN5O2. The number of aromatic nitrogens is 3. The molecule has 3 rings (SSSR count). The van der Waals surface area contributed by atoms with E-state index in [-0.39, 0.29) is 17.8 Å². The standard InChI is InChI=1S/C15H18FN5O2/c1-2-21-9-10(7-18-21)14-13(4-6-23-14)20-15(22)19-12-3-5-17-8-11(12)16/h3,5,7-9,13-14H,2,4,6H2,1H3,(H2,17,19,20,22)/t13-,14+/m0/s1. The molecule has 23 heavy (non-hydrogen) atoms. The van der Waals surface area contributed by atoms with Crippen molar-refractivity contribution in [2.24, 2.45) is 0 Å². The van der Waals surface area contributed by atoms with Crippen LogP contribution < -0.4 is 10.6 Å². The number of rotatable bonds is 4. The minimum absolute atomic E-state index is 0.0896. The molecule has 0 spiro atoms. The number of aryl methyl sites for hydroxylation is 1. The van der Waals surface area contributed by atoms with Gasteiger partial charge in [0.15, 0.2) is 5.82 Å². The number of hydrogen-bond acceptors (Lipinski definition) is 4. The average molecular weight is 319 g/mol. The molecule has 1 fully saturated rings. The van der Waals surface area contributed by atoms with E-state index in [2.05, 4.69) is 20.7 Å². The minimum Gasteiger partial charge on any atom is -0.371 e. The summed E-state index contributed by atoms with van der Waals surface area (Å²) in [7, 11) is 0. The van der Waals surface area contributed by atoms with Crippen molar-refractivity contribution in [2.75, 3.05) is 11.9 Å². The fraction of sp³-hybridized carbons (Fsp3) is 0.400. The van der Waals surface area contributed by atoms with Crippen molar-refractivity contribution in [1.29, 1.82) is 0 Å². The Bertz CT molecular complexity index is 690. The van der Waals surface area contributed by atoms with Gasteiger partial charge in [0.25, 0.3) is 0 Å². The van der Waals surface area contributed by atoms with Crippen LogP contribution in [0.4, 0.5) is 14.9 Å². The van der Waals surface area contributed by atoms with Gasteiger partial charge in [-0.1, -0.05) is 0 Å². The van der Waals surface area contributed by atoms with E-state index in [1.165, 1.54) is 12.3 Å². The van der Waals surface area contributed by atoms with Crippen LogP contribution in [0, 0.1) is 5.82 Å². The number of carbonyl (C=O) groups excluding carboxylic acids is 1. The molecule has 2 amide bonds. The lowest BCUT2D eigenvalue weighted by Crippen LogP contribution is -2.39. The van der Waals surface area contributed by atoms with E-state index in [1.54, 1.807) is 10.9 Å². The normalized spacial score (nSPS) is 20.4. The maximum atomic E-state index is 13.5. The van der Waals surface area contributed by atoms with Crippen molar-refractivity contribution >= 4 is 11.7 Å². The van der Waals surface area contributed by atoms with Gasteiger partial charge in [0.1, 0.15) is 6.10 Å². The molecule has 8 heteroatoms. The lowest BCUT2D eigenvalue weighted by Gasteiger charge is -2.19. The number of nitrogens with zero attached hydrogens (tertiary/aromatic N) is 3. The fourth-order valence-corrected chi connectivity index (χ4v) is 2.57. The van der Waals surface area contributed by atoms with Gasteiger partial charge in [-0.3, -0.25) is 9.67 Å². The molecular weight excluding hydrogens is 301 g/mol. The van der Waals surface area contributed by atoms with Crippen molar-refractivity contribution in [3.8, 4) is 0 Å². The summed E-state index contributed by atoms with van der Waals surface area (Å²) in [5.74, 6) is -0.578. The Morgan fingerprint density at radius 3 is 3.13 bits per heavy atom. The zero-order valence-electron chi connectivity index (χ0n) is 12.7. The third kappa shape index (κ3) is 3.48. The van der Waals surface area contributed by atoms with Crippen LogP contribution >= 0.6 is 0 Å². The molecule has 3 heterocycles. The highest BCUT2D eigenvalue weighted by Crippen LogP contribution is 2.29. The fourth-order valence-electron chi connectivity index (χ4n) is 2.57. The topological polar surface area (TPSA) is 81.1 Å². The Morgan fingerprint density at radius 2 is 2.39 bits per heavy atom. The van der Waals surface area contributed by atoms with E-state index in [9.17, 15) is 9.18 Å². The first kappa shape index (κ1) is 15.4. The molecule has 0 unspecified atom stereocenters. The van der Waals surface area contributed by atoms with Crippen LogP contribution in [0.1, 0.15) is 25.0 Å². The van der Waals surface area contributed by atoms with E-state index in [4.69, 9.17) is 4.74 Å². The second kappa shape index (κ2) is 6.74. The molecule has 7 nitrogen and oxygen atoms in total. The number of hydrogen-bond donors (Lipinski definition) is 2. The van der Waals surface area contributed by atoms with Gasteiger partial charge in [-0.25, -0.2) is 9.18 Å². The largest absolute Gasteiger partial charge is 0.371 e. The molecule has 0 aliphatic carbocycles. The van der Waals surface area contributed by atoms with Crippen molar-refractivity contribution < 1.29 is 13.9 Å². The van der Waals surface area contributed by atoms with Crippen LogP contribution in [0.3, 0.4) is 0 Å². The SMILES string of the molecule is CCn1cc([C@H]2OCC[C@@H]2NC(=O)Nc2ccncc2F)cn1. The van der Waals surface area contributed by atoms with Crippen molar-refractivity contribution in [3.05, 3.63) is 42.2 Å². The highest BCUT2D eigenvalue weighted by Gasteiger charge is 2.32. The summed E-state index contributed by atoms with van der Waals surface area (Å²) < 4.78 is 21.0. The van der Waals surface area contributed by atoms with Gasteiger partial charge in [0.05, 0.1) is 24.1 Å². The Balaban J connectivity index is 1.64. The third-order valence-corrected chi connectivity index (χ3v) is 3.73. The van der Waals surface area contributed by atoms with Gasteiger partial charge in [0, 0.05) is 31.1 Å². The number of amides is 2. The first-order valence-electron chi connectivity index (χ1n) is 7.48. The summed E-state index contributed by atoms with van der Waals surface area (Å²) in [6, 6.07) is 0.746. The molecule has 1 saturated heterocycles. The molecule has 2 aromatic heterocycles. The van der Waals surface area contributed by atoms with Gasteiger partial charge in [-0.15, -0.1) is 0 Å². The second-order valence-electron chi connectivity index (χ2n) is 5.27. The molecule has 2 N–H and O–H groups in total. The van der Waals surface area contributed by atoms with Crippen LogP contribution in [0.15, 0.2) is 30.9 Å². The minimum atomic E-state index is -0.578. The quantitative estimate of drug-likeness (QED) is 0.904. The summed E-state index contributed by atoms with van der Waals surface area (Å²) in [4.78, 5) is 15.7. The van der Waals surface area contributed by atoms with Crippen molar-refractivity contribution in [2.45, 2.75) is 32.0 Å². The highest BCUT2D eigenvalue weighted by atomic mass is 19.1. The molecule has 2 aromatic rings. The van der Waals surface area contributed by atoms with Gasteiger partial charge in [-0.2, -0.15) is 5.10 Å². The first-order chi connectivity index (χ1) is 11.2. The zero-order valence-corrected chi connectivity index (χ0v) is 12.7. The van der Waals surface area contributed by atoms with Gasteiger partial charge in [0.2, 0.25) is 0 Å². The lowest BCUT2D eigenvalue weighted by atomic mass is 10.1. The maximum Gasteiger partial charge on any atom is 0.319 e. The molecule has 0 saturated carbocycles. The predicted molar refractivity (Wildman–Crippen MR) is 81.3 cm³/mol. The number of nitrogens with one attached hydrogen (secondary N) is 2. The number of pyridine rings is 1. The molecule has 2 atom stereocenters. The number of anilines is 1. The van der Waals surface area contributed by atoms with E-state index >= 15 is 0 Å². The lowest BCUT2D eigenvalue weighted by molar-refractivity contribution is 0.100. The van der Waals surface area contributed by atoms with Crippen molar-refractivity contribution in [1.82, 2.24) is 20.1 Å². The summed E-state index contributed by atoms with van der Waals surface area (Å²) in [6.07, 6.45) is 6.56. The predicted octanol–water partition coefficient (Wildman–Crippen LogP) is 2.09. The van der Waals surface area contributed by atoms with Crippen LogP contribution in [0.2, 0.25) is 0 Å². The van der Waals surface area contributed by atoms with Crippen molar-refractivity contribution in [3.63, 3.8) is 0 Å². The van der Waals surface area contributed by atoms with E-state index < -0.39 is 11.8 Å². The van der Waals surface area contributed by atoms with Gasteiger partial charge in [-0.05, 0) is 19.4 Å². The Morgan fingerprint density at radius 1 is 1.52 bits per heavy atom. The Kier molecular flexibility index (Phi) is 4.52. The van der Waals surface area contributed by atoms with Gasteiger partial charge < -0.3 is 15.4 Å². The monoisotopic (exact) mass is 319 g/mol. The van der Waals surface area contributed by atoms with Crippen LogP contribution in [-0.2, 0) is 11.3 Å². The highest BCUT2D eigenvalue weighted by molar-refractivity contribution is 5.89. The number of halogens is 1. The Hall–Kier alpha value is -2.48. The molecule has 1 aliphatic rings. The Labute approximate surface area is 132 Å². The average Bonchev–Trinajstić information content (AvgIpc) is 3.18. The summed E-state index contributed by atoms with van der Waals surface area (Å²) in [5, 5.41) is 9.54. The van der Waals surface area contributed by atoms with E-state index in [0.717, 1.165) is 18.3 Å². The van der Waals surface area contributed by atoms with Gasteiger partial charge >= 0.3 is 6.03 Å². The molecule has 0 aromatic carbocycles. The summed E-state index contributed by atoms with van der Waals surface area (Å²) in [5.41, 5.74) is 1.01. The summed E-state index contributed by atoms with van der Waals surface area (Å²) >= 11 is 0. The third-order valence-electron chi connectivity index (χ3n) is 3.73. The zero-order chi connectivity index (χ0) is 16.2. The number of carbonyl (C=O) groups is 1. The number of urea groups is 1. The molecule has 122 valence electrons. The van der Waals surface area contributed by atoms with E-state index in [0.29, 0.717) is 13.0 Å². The molecule has 0 radical (unpaired) electrons. The first-order valence-corrected chi connectivity index (χ1v) is 7.48. The van der Waals surface area contributed by atoms with Crippen LogP contribution in [0.5, 0.6) is 0 Å². The molecule has 1 aliphatic heterocycles. The summed E-state index contributed by atoms with van der Waals surface area (Å²) in [6.45, 7) is 3.32. The van der Waals surface area contributed by atoms with Crippen LogP contribution in [-0.4, -0.2) is 33.4 Å². The molecule has 0 bridgehead atoms. The van der Waals surface area contributed by atoms with E-state index in [1.807, 2.05) is 13.1 Å². The maximum absolute atomic E-state index is 13.5. The second-order valence-corrected chi connectivity index (χ2v) is 5.27. The van der Waals surface area contributed by atoms with Crippen LogP contribution in [0.25, 0.3) is 0 Å².